The molecule has 0 aliphatic carbocycles. The van der Waals surface area contributed by atoms with E-state index < -0.39 is 150 Å². The van der Waals surface area contributed by atoms with Crippen molar-refractivity contribution in [3.63, 3.8) is 0 Å². The Morgan fingerprint density at radius 2 is 0.683 bits per heavy atom. The summed E-state index contributed by atoms with van der Waals surface area (Å²) in [6.07, 6.45) is 2.48. The molecule has 0 fully saturated rings. The van der Waals surface area contributed by atoms with E-state index in [2.05, 4.69) is 47.9 Å². The van der Waals surface area contributed by atoms with Crippen molar-refractivity contribution < 1.29 is 57.8 Å². The third-order valence-electron chi connectivity index (χ3n) is 18.4. The van der Waals surface area contributed by atoms with Gasteiger partial charge in [-0.05, 0) is 126 Å². The molecule has 0 rings (SSSR count). The van der Waals surface area contributed by atoms with E-state index in [4.69, 9.17) is 56.0 Å². The number of unbranched alkanes of at least 4 members (excludes halogenated alkanes) is 1. The lowest BCUT2D eigenvalue weighted by Gasteiger charge is -2.29. The molecule has 13 atom stereocenters. The quantitative estimate of drug-likeness (QED) is 0.0236. The lowest BCUT2D eigenvalue weighted by molar-refractivity contribution is -0.137. The minimum atomic E-state index is -1.34. The van der Waals surface area contributed by atoms with Crippen LogP contribution in [0.3, 0.4) is 0 Å². The standard InChI is InChI=1S/C70H131N19O12/c1-12-43(10)50(61(72)96)38-59(95)60(44(11)13-2)89-66(101)49(39-90)37-58(94)54(33-42(8)9)88-65(100)48(32-41(6)7)36-57(93)53(25-20-30-84-70(79)80)87-64(99)47(22-17-27-81-67(73)74)35-56(92)52(24-19-29-83-69(77)78)86-63(98)46(21-15-16-26-71)34-55(91)51(23-18-28-82-68(75)76)85-62(97)45(14-3)31-40(4)5/h40-54,60,90H,12-39,71H2,1-11H3,(H2,72,96)(H,85,97)(H,86,98)(H,87,99)(H,88,100)(H,89,101)(H4,73,74,81)(H4,75,76,82)(H4,77,78,83)(H4,79,80,84)/t43-,44-,45-,46+,47+,48+,49-,50?,51-,52-,53-,54-,60-/m0/s1. The van der Waals surface area contributed by atoms with Crippen LogP contribution in [0, 0.1) is 86.7 Å². The van der Waals surface area contributed by atoms with E-state index >= 15 is 0 Å². The summed E-state index contributed by atoms with van der Waals surface area (Å²) in [7, 11) is 0. The first kappa shape index (κ1) is 93.2. The molecule has 0 bridgehead atoms. The third-order valence-corrected chi connectivity index (χ3v) is 18.4. The van der Waals surface area contributed by atoms with Crippen molar-refractivity contribution in [3.8, 4) is 0 Å². The van der Waals surface area contributed by atoms with Gasteiger partial charge in [0.1, 0.15) is 0 Å². The number of rotatable bonds is 58. The van der Waals surface area contributed by atoms with Crippen LogP contribution in [-0.4, -0.2) is 163 Å². The molecule has 0 saturated heterocycles. The number of hydrogen-bond donors (Lipinski definition) is 20. The molecule has 0 aromatic rings. The zero-order valence-electron chi connectivity index (χ0n) is 62.4. The molecular weight excluding hydrogens is 1300 g/mol. The van der Waals surface area contributed by atoms with Gasteiger partial charge < -0.3 is 87.4 Å². The summed E-state index contributed by atoms with van der Waals surface area (Å²) in [5, 5.41) is 66.4. The number of amides is 6. The predicted molar refractivity (Wildman–Crippen MR) is 392 cm³/mol. The lowest BCUT2D eigenvalue weighted by atomic mass is 9.83. The Morgan fingerprint density at radius 3 is 1.04 bits per heavy atom. The zero-order valence-corrected chi connectivity index (χ0v) is 62.4. The summed E-state index contributed by atoms with van der Waals surface area (Å²) >= 11 is 0. The Hall–Kier alpha value is -7.83. The van der Waals surface area contributed by atoms with Crippen LogP contribution in [0.5, 0.6) is 0 Å². The average molecular weight is 1430 g/mol. The fourth-order valence-electron chi connectivity index (χ4n) is 12.1. The van der Waals surface area contributed by atoms with Crippen molar-refractivity contribution >= 4 is 88.2 Å². The number of nitrogens with one attached hydrogen (secondary N) is 13. The van der Waals surface area contributed by atoms with Crippen molar-refractivity contribution in [1.82, 2.24) is 47.9 Å². The highest BCUT2D eigenvalue weighted by molar-refractivity contribution is 5.99. The summed E-state index contributed by atoms with van der Waals surface area (Å²) < 4.78 is 0. The minimum absolute atomic E-state index is 0.00664. The molecule has 578 valence electrons. The number of aliphatic hydroxyl groups excluding tert-OH is 1. The topological polar surface area (TPSA) is 568 Å². The Bertz CT molecular complexity index is 2660. The zero-order chi connectivity index (χ0) is 77.1. The normalized spacial score (nSPS) is 15.2. The molecule has 0 heterocycles. The van der Waals surface area contributed by atoms with Gasteiger partial charge in [-0.1, -0.05) is 95.4 Å². The van der Waals surface area contributed by atoms with E-state index in [1.54, 1.807) is 6.92 Å². The van der Waals surface area contributed by atoms with Gasteiger partial charge in [0.05, 0.1) is 42.7 Å². The maximum absolute atomic E-state index is 14.9. The Labute approximate surface area is 599 Å². The molecule has 0 spiro atoms. The summed E-state index contributed by atoms with van der Waals surface area (Å²) in [5.41, 5.74) is 33.9. The SMILES string of the molecule is CC[C@@H](CC(C)C)C(=O)N[C@@H](CCCNC(=N)N)C(=O)C[C@@H](CCCCN)C(=O)N[C@@H](CCCNC(=N)N)C(=O)C[C@@H](CCCNC(=N)N)C(=O)N[C@@H](CCCNC(=N)N)C(=O)C[C@@H](CC(C)C)C(=O)N[C@@H](CC(C)C)C(=O)C[C@@H](CO)C(=O)N[C@H](C(=O)CC(C(N)=O)[C@@H](C)CC)[C@@H](C)CC. The van der Waals surface area contributed by atoms with E-state index in [1.165, 1.54) is 0 Å². The number of ketones is 5. The fourth-order valence-corrected chi connectivity index (χ4v) is 12.1. The molecule has 6 amide bonds. The molecular formula is C70H131N19O12. The van der Waals surface area contributed by atoms with Crippen molar-refractivity contribution in [2.24, 2.45) is 99.5 Å². The maximum Gasteiger partial charge on any atom is 0.226 e. The second-order valence-corrected chi connectivity index (χ2v) is 28.5. The lowest BCUT2D eigenvalue weighted by Crippen LogP contribution is -2.50. The van der Waals surface area contributed by atoms with Crippen LogP contribution in [-0.2, 0) is 52.7 Å². The molecule has 0 aliphatic rings. The first-order valence-corrected chi connectivity index (χ1v) is 36.5. The van der Waals surface area contributed by atoms with E-state index in [0.717, 1.165) is 0 Å². The first-order chi connectivity index (χ1) is 47.5. The van der Waals surface area contributed by atoms with Crippen molar-refractivity contribution in [1.29, 1.82) is 21.6 Å². The smallest absolute Gasteiger partial charge is 0.226 e. The number of guanidine groups is 4. The van der Waals surface area contributed by atoms with Crippen molar-refractivity contribution in [3.05, 3.63) is 0 Å². The summed E-state index contributed by atoms with van der Waals surface area (Å²) in [6, 6.07) is -5.83. The molecule has 0 aromatic carbocycles. The van der Waals surface area contributed by atoms with Crippen LogP contribution in [0.15, 0.2) is 0 Å². The van der Waals surface area contributed by atoms with E-state index in [-0.39, 0.29) is 169 Å². The van der Waals surface area contributed by atoms with Crippen molar-refractivity contribution in [2.75, 3.05) is 39.3 Å². The summed E-state index contributed by atoms with van der Waals surface area (Å²) in [5.74, 6) is -14.3. The Balaban J connectivity index is 7.48. The molecule has 0 radical (unpaired) electrons. The first-order valence-electron chi connectivity index (χ1n) is 36.5. The van der Waals surface area contributed by atoms with E-state index in [9.17, 15) is 57.8 Å². The number of carbonyl (C=O) groups excluding carboxylic acids is 11. The molecule has 101 heavy (non-hydrogen) atoms. The minimum Gasteiger partial charge on any atom is -0.396 e. The number of Topliss-reactive ketones (excluding diaryl/α,β-unsaturated/α-hetero) is 5. The second kappa shape index (κ2) is 51.3. The maximum atomic E-state index is 14.9. The molecule has 31 heteroatoms. The summed E-state index contributed by atoms with van der Waals surface area (Å²) in [4.78, 5) is 157. The fraction of sp³-hybridized carbons (Fsp3) is 0.786. The Morgan fingerprint density at radius 1 is 0.356 bits per heavy atom. The number of hydrogen-bond acceptors (Lipinski definition) is 17. The van der Waals surface area contributed by atoms with Gasteiger partial charge in [0, 0.05) is 87.9 Å². The molecule has 0 aromatic heterocycles. The van der Waals surface area contributed by atoms with Gasteiger partial charge in [0.25, 0.3) is 0 Å². The van der Waals surface area contributed by atoms with Crippen molar-refractivity contribution in [2.45, 2.75) is 248 Å². The van der Waals surface area contributed by atoms with Crippen LogP contribution < -0.4 is 82.3 Å². The molecule has 31 nitrogen and oxygen atoms in total. The van der Waals surface area contributed by atoms with Crippen LogP contribution in [0.25, 0.3) is 0 Å². The number of primary amides is 1. The van der Waals surface area contributed by atoms with Gasteiger partial charge in [-0.15, -0.1) is 0 Å². The van der Waals surface area contributed by atoms with Crippen LogP contribution >= 0.6 is 0 Å². The van der Waals surface area contributed by atoms with Gasteiger partial charge in [-0.25, -0.2) is 0 Å². The molecule has 0 aliphatic heterocycles. The number of carbonyl (C=O) groups is 11. The molecule has 26 N–H and O–H groups in total. The van der Waals surface area contributed by atoms with Gasteiger partial charge in [-0.3, -0.25) is 74.4 Å². The third kappa shape index (κ3) is 39.8. The summed E-state index contributed by atoms with van der Waals surface area (Å²) in [6.45, 7) is 20.5. The highest BCUT2D eigenvalue weighted by Gasteiger charge is 2.38. The highest BCUT2D eigenvalue weighted by Crippen LogP contribution is 2.26. The number of aliphatic hydroxyl groups is 1. The molecule has 0 saturated carbocycles. The van der Waals surface area contributed by atoms with Crippen LogP contribution in [0.2, 0.25) is 0 Å². The average Bonchev–Trinajstić information content (AvgIpc) is 0.863. The van der Waals surface area contributed by atoms with Gasteiger partial charge in [-0.2, -0.15) is 0 Å². The largest absolute Gasteiger partial charge is 0.396 e. The van der Waals surface area contributed by atoms with Gasteiger partial charge in [0.15, 0.2) is 52.8 Å². The van der Waals surface area contributed by atoms with Crippen LogP contribution in [0.4, 0.5) is 0 Å². The van der Waals surface area contributed by atoms with Gasteiger partial charge >= 0.3 is 0 Å². The number of nitrogens with two attached hydrogens (primary N) is 6. The predicted octanol–water partition coefficient (Wildman–Crippen LogP) is 2.20. The molecule has 1 unspecified atom stereocenters. The van der Waals surface area contributed by atoms with Crippen LogP contribution in [0.1, 0.15) is 217 Å². The second-order valence-electron chi connectivity index (χ2n) is 28.5. The van der Waals surface area contributed by atoms with E-state index in [1.807, 2.05) is 69.2 Å². The highest BCUT2D eigenvalue weighted by atomic mass is 16.3. The van der Waals surface area contributed by atoms with E-state index in [0.29, 0.717) is 44.9 Å². The van der Waals surface area contributed by atoms with Gasteiger partial charge in [0.2, 0.25) is 35.4 Å². The Kier molecular flexibility index (Phi) is 47.3. The monoisotopic (exact) mass is 1430 g/mol.